The van der Waals surface area contributed by atoms with E-state index in [1.54, 1.807) is 54.6 Å². The Labute approximate surface area is 226 Å². The van der Waals surface area contributed by atoms with E-state index in [0.29, 0.717) is 40.6 Å². The average molecular weight is 529 g/mol. The summed E-state index contributed by atoms with van der Waals surface area (Å²) in [6.45, 7) is 4.23. The molecule has 4 aromatic rings. The summed E-state index contributed by atoms with van der Waals surface area (Å²) in [4.78, 5) is 27.5. The van der Waals surface area contributed by atoms with E-state index in [9.17, 15) is 9.59 Å². The predicted molar refractivity (Wildman–Crippen MR) is 150 cm³/mol. The van der Waals surface area contributed by atoms with Crippen LogP contribution in [-0.4, -0.2) is 56.1 Å². The number of amides is 2. The number of carbonyl (C=O) groups is 2. The van der Waals surface area contributed by atoms with Gasteiger partial charge in [0.25, 0.3) is 11.8 Å². The minimum atomic E-state index is -0.329. The number of hydrogen-bond acceptors (Lipinski definition) is 7. The summed E-state index contributed by atoms with van der Waals surface area (Å²) in [6, 6.07) is 21.2. The number of anilines is 2. The van der Waals surface area contributed by atoms with Crippen molar-refractivity contribution in [1.82, 2.24) is 10.2 Å². The lowest BCUT2D eigenvalue weighted by molar-refractivity contribution is 0.0920. The zero-order chi connectivity index (χ0) is 27.0. The quantitative estimate of drug-likeness (QED) is 0.193. The van der Waals surface area contributed by atoms with E-state index in [4.69, 9.17) is 19.6 Å². The van der Waals surface area contributed by atoms with Crippen molar-refractivity contribution < 1.29 is 23.5 Å². The van der Waals surface area contributed by atoms with Crippen molar-refractivity contribution in [3.05, 3.63) is 84.1 Å². The Hall–Kier alpha value is -4.50. The summed E-state index contributed by atoms with van der Waals surface area (Å²) < 4.78 is 17.5. The third-order valence-electron chi connectivity index (χ3n) is 6.58. The van der Waals surface area contributed by atoms with Crippen LogP contribution in [-0.2, 0) is 0 Å². The largest absolute Gasteiger partial charge is 0.492 e. The Morgan fingerprint density at radius 3 is 2.49 bits per heavy atom. The van der Waals surface area contributed by atoms with Gasteiger partial charge in [0.2, 0.25) is 0 Å². The van der Waals surface area contributed by atoms with Crippen LogP contribution in [0.5, 0.6) is 11.5 Å². The third kappa shape index (κ3) is 6.69. The van der Waals surface area contributed by atoms with Gasteiger partial charge >= 0.3 is 0 Å². The van der Waals surface area contributed by atoms with Crippen LogP contribution in [0.25, 0.3) is 11.0 Å². The predicted octanol–water partition coefficient (Wildman–Crippen LogP) is 4.55. The molecule has 39 heavy (non-hydrogen) atoms. The molecule has 0 saturated carbocycles. The van der Waals surface area contributed by atoms with Crippen LogP contribution in [0.3, 0.4) is 0 Å². The van der Waals surface area contributed by atoms with Crippen LogP contribution >= 0.6 is 0 Å². The fourth-order valence-electron chi connectivity index (χ4n) is 4.48. The van der Waals surface area contributed by atoms with Crippen LogP contribution in [0.15, 0.2) is 77.2 Å². The Kier molecular flexibility index (Phi) is 8.28. The number of furan rings is 1. The normalized spacial score (nSPS) is 13.3. The number of nitrogens with two attached hydrogens (primary N) is 1. The lowest BCUT2D eigenvalue weighted by atomic mass is 10.2. The van der Waals surface area contributed by atoms with E-state index in [1.165, 1.54) is 12.8 Å². The molecule has 0 aliphatic carbocycles. The van der Waals surface area contributed by atoms with Crippen molar-refractivity contribution in [1.29, 1.82) is 0 Å². The van der Waals surface area contributed by atoms with Gasteiger partial charge in [0.1, 0.15) is 19.0 Å². The summed E-state index contributed by atoms with van der Waals surface area (Å²) in [5, 5.41) is 6.41. The maximum absolute atomic E-state index is 12.7. The highest BCUT2D eigenvalue weighted by molar-refractivity contribution is 6.05. The number of ether oxygens (including phenoxy) is 2. The second kappa shape index (κ2) is 12.4. The van der Waals surface area contributed by atoms with Crippen molar-refractivity contribution in [2.75, 3.05) is 50.4 Å². The molecule has 1 saturated heterocycles. The topological polar surface area (TPSA) is 119 Å². The highest BCUT2D eigenvalue weighted by Gasteiger charge is 2.16. The zero-order valence-electron chi connectivity index (χ0n) is 21.7. The fourth-order valence-corrected chi connectivity index (χ4v) is 4.48. The molecule has 3 aromatic carbocycles. The number of nitrogen functional groups attached to an aromatic ring is 1. The Morgan fingerprint density at radius 1 is 0.897 bits per heavy atom. The number of nitrogens with one attached hydrogen (secondary N) is 2. The molecular formula is C30H32N4O5. The first-order valence-corrected chi connectivity index (χ1v) is 13.1. The van der Waals surface area contributed by atoms with Gasteiger partial charge in [-0.2, -0.15) is 0 Å². The number of nitrogens with zero attached hydrogens (tertiary/aromatic N) is 1. The molecule has 2 heterocycles. The molecule has 202 valence electrons. The number of likely N-dealkylation sites (tertiary alicyclic amines) is 1. The molecule has 0 unspecified atom stereocenters. The number of rotatable bonds is 11. The summed E-state index contributed by atoms with van der Waals surface area (Å²) in [7, 11) is 0. The first-order chi connectivity index (χ1) is 19.1. The average Bonchev–Trinajstić information content (AvgIpc) is 3.63. The van der Waals surface area contributed by atoms with Crippen LogP contribution in [0, 0.1) is 0 Å². The molecule has 1 fully saturated rings. The number of carbonyl (C=O) groups excluding carboxylic acids is 2. The van der Waals surface area contributed by atoms with E-state index in [-0.39, 0.29) is 30.7 Å². The summed E-state index contributed by atoms with van der Waals surface area (Å²) in [5.74, 6) is 0.843. The summed E-state index contributed by atoms with van der Waals surface area (Å²) in [5.41, 5.74) is 7.98. The highest BCUT2D eigenvalue weighted by atomic mass is 16.5. The van der Waals surface area contributed by atoms with Gasteiger partial charge in [0.05, 0.1) is 17.9 Å². The van der Waals surface area contributed by atoms with Gasteiger partial charge < -0.3 is 30.3 Å². The lowest BCUT2D eigenvalue weighted by Crippen LogP contribution is -2.27. The van der Waals surface area contributed by atoms with Gasteiger partial charge in [-0.25, -0.2) is 0 Å². The zero-order valence-corrected chi connectivity index (χ0v) is 21.7. The van der Waals surface area contributed by atoms with E-state index >= 15 is 0 Å². The third-order valence-corrected chi connectivity index (χ3v) is 6.58. The van der Waals surface area contributed by atoms with Gasteiger partial charge in [-0.3, -0.25) is 14.5 Å². The summed E-state index contributed by atoms with van der Waals surface area (Å²) in [6.07, 6.45) is 2.49. The first kappa shape index (κ1) is 26.1. The SMILES string of the molecule is Nc1ccccc1NC(=O)c1ccc(OCCNC(=O)c2cc3cccc(OCCN4CCCC4)c3o2)cc1. The molecule has 1 aromatic heterocycles. The van der Waals surface area contributed by atoms with Gasteiger partial charge in [0, 0.05) is 17.5 Å². The first-order valence-electron chi connectivity index (χ1n) is 13.1. The molecular weight excluding hydrogens is 496 g/mol. The van der Waals surface area contributed by atoms with Crippen molar-refractivity contribution in [2.45, 2.75) is 12.8 Å². The van der Waals surface area contributed by atoms with Crippen molar-refractivity contribution in [2.24, 2.45) is 0 Å². The van der Waals surface area contributed by atoms with Crippen LogP contribution in [0.1, 0.15) is 33.8 Å². The maximum atomic E-state index is 12.7. The minimum absolute atomic E-state index is 0.218. The van der Waals surface area contributed by atoms with Gasteiger partial charge in [0.15, 0.2) is 17.1 Å². The molecule has 0 atom stereocenters. The van der Waals surface area contributed by atoms with Crippen LogP contribution in [0.4, 0.5) is 11.4 Å². The molecule has 5 rings (SSSR count). The molecule has 4 N–H and O–H groups in total. The second-order valence-electron chi connectivity index (χ2n) is 9.35. The van der Waals surface area contributed by atoms with Crippen molar-refractivity contribution in [3.63, 3.8) is 0 Å². The minimum Gasteiger partial charge on any atom is -0.492 e. The van der Waals surface area contributed by atoms with Crippen LogP contribution < -0.4 is 25.8 Å². The van der Waals surface area contributed by atoms with Gasteiger partial charge in [-0.15, -0.1) is 0 Å². The van der Waals surface area contributed by atoms with Gasteiger partial charge in [-0.1, -0.05) is 24.3 Å². The van der Waals surface area contributed by atoms with Crippen molar-refractivity contribution in [3.8, 4) is 11.5 Å². The molecule has 0 spiro atoms. The highest BCUT2D eigenvalue weighted by Crippen LogP contribution is 2.29. The maximum Gasteiger partial charge on any atom is 0.287 e. The van der Waals surface area contributed by atoms with E-state index in [1.807, 2.05) is 18.2 Å². The number of fused-ring (bicyclic) bond motifs is 1. The smallest absolute Gasteiger partial charge is 0.287 e. The molecule has 1 aliphatic rings. The number of para-hydroxylation sites is 3. The monoisotopic (exact) mass is 528 g/mol. The van der Waals surface area contributed by atoms with E-state index in [0.717, 1.165) is 25.0 Å². The second-order valence-corrected chi connectivity index (χ2v) is 9.35. The Bertz CT molecular complexity index is 1430. The molecule has 9 heteroatoms. The number of benzene rings is 3. The standard InChI is InChI=1S/C30H32N4O5/c31-24-7-1-2-8-25(24)33-29(35)21-10-12-23(13-11-21)37-18-14-32-30(36)27-20-22-6-5-9-26(28(22)39-27)38-19-17-34-15-3-4-16-34/h1-2,5-13,20H,3-4,14-19,31H2,(H,32,36)(H,33,35). The molecule has 0 bridgehead atoms. The van der Waals surface area contributed by atoms with Crippen molar-refractivity contribution >= 4 is 34.2 Å². The molecule has 1 aliphatic heterocycles. The molecule has 0 radical (unpaired) electrons. The molecule has 2 amide bonds. The summed E-state index contributed by atoms with van der Waals surface area (Å²) >= 11 is 0. The fraction of sp³-hybridized carbons (Fsp3) is 0.267. The lowest BCUT2D eigenvalue weighted by Gasteiger charge is -2.14. The Balaban J connectivity index is 1.08. The van der Waals surface area contributed by atoms with Gasteiger partial charge in [-0.05, 0) is 74.5 Å². The molecule has 9 nitrogen and oxygen atoms in total. The van der Waals surface area contributed by atoms with E-state index < -0.39 is 0 Å². The van der Waals surface area contributed by atoms with Crippen LogP contribution in [0.2, 0.25) is 0 Å². The van der Waals surface area contributed by atoms with E-state index in [2.05, 4.69) is 15.5 Å². The number of hydrogen-bond donors (Lipinski definition) is 3. The Morgan fingerprint density at radius 2 is 1.69 bits per heavy atom.